The second kappa shape index (κ2) is 9.72. The zero-order valence-electron chi connectivity index (χ0n) is 17.9. The van der Waals surface area contributed by atoms with Crippen LogP contribution in [-0.2, 0) is 16.4 Å². The maximum Gasteiger partial charge on any atom is 0.239 e. The first-order chi connectivity index (χ1) is 15.0. The average molecular weight is 448 g/mol. The van der Waals surface area contributed by atoms with Crippen LogP contribution in [0.5, 0.6) is 0 Å². The molecule has 2 aliphatic rings. The van der Waals surface area contributed by atoms with E-state index in [2.05, 4.69) is 32.0 Å². The van der Waals surface area contributed by atoms with Gasteiger partial charge in [0.25, 0.3) is 0 Å². The molecule has 1 aromatic carbocycles. The van der Waals surface area contributed by atoms with E-state index in [0.29, 0.717) is 36.2 Å². The summed E-state index contributed by atoms with van der Waals surface area (Å²) in [6, 6.07) is 4.02. The van der Waals surface area contributed by atoms with Crippen molar-refractivity contribution in [1.82, 2.24) is 25.9 Å². The van der Waals surface area contributed by atoms with Gasteiger partial charge in [0, 0.05) is 5.56 Å². The monoisotopic (exact) mass is 447 g/mol. The van der Waals surface area contributed by atoms with E-state index >= 15 is 0 Å². The van der Waals surface area contributed by atoms with Gasteiger partial charge >= 0.3 is 0 Å². The number of hydrogen-bond acceptors (Lipinski definition) is 7. The first-order valence-corrected chi connectivity index (χ1v) is 12.9. The lowest BCUT2D eigenvalue weighted by Gasteiger charge is -2.30. The highest BCUT2D eigenvalue weighted by Crippen LogP contribution is 2.42. The molecule has 0 atom stereocenters. The van der Waals surface area contributed by atoms with Crippen LogP contribution in [0.1, 0.15) is 62.0 Å². The maximum atomic E-state index is 12.8. The first kappa shape index (κ1) is 22.3. The van der Waals surface area contributed by atoms with E-state index in [1.54, 1.807) is 0 Å². The number of sulfonamides is 1. The van der Waals surface area contributed by atoms with Crippen LogP contribution in [0.2, 0.25) is 0 Å². The molecule has 2 fully saturated rings. The molecule has 1 aliphatic carbocycles. The molecule has 170 valence electrons. The second-order valence-electron chi connectivity index (χ2n) is 9.00. The number of benzene rings is 1. The van der Waals surface area contributed by atoms with E-state index in [4.69, 9.17) is 10.9 Å². The topological polar surface area (TPSA) is 153 Å². The molecule has 9 nitrogen and oxygen atoms in total. The predicted molar refractivity (Wildman–Crippen MR) is 119 cm³/mol. The lowest BCUT2D eigenvalue weighted by atomic mass is 9.77. The summed E-state index contributed by atoms with van der Waals surface area (Å²) >= 11 is 0. The third-order valence-corrected chi connectivity index (χ3v) is 8.07. The van der Waals surface area contributed by atoms with Crippen LogP contribution in [-0.4, -0.2) is 48.7 Å². The molecule has 6 N–H and O–H groups in total. The molecule has 2 heterocycles. The molecular weight excluding hydrogens is 414 g/mol. The summed E-state index contributed by atoms with van der Waals surface area (Å²) in [5.74, 6) is 1.73. The summed E-state index contributed by atoms with van der Waals surface area (Å²) in [6.45, 7) is 2.74. The van der Waals surface area contributed by atoms with Crippen LogP contribution < -0.4 is 16.2 Å². The molecule has 0 unspecified atom stereocenters. The van der Waals surface area contributed by atoms with Crippen molar-refractivity contribution in [3.63, 3.8) is 0 Å². The van der Waals surface area contributed by atoms with Gasteiger partial charge in [-0.05, 0) is 110 Å². The van der Waals surface area contributed by atoms with E-state index in [0.717, 1.165) is 69.2 Å². The highest BCUT2D eigenvalue weighted by Gasteiger charge is 2.30. The molecule has 2 aromatic rings. The largest absolute Gasteiger partial charge is 0.330 e. The molecule has 0 spiro atoms. The lowest BCUT2D eigenvalue weighted by Crippen LogP contribution is -2.28. The third kappa shape index (κ3) is 5.14. The molecule has 1 aliphatic heterocycles. The Kier molecular flexibility index (Phi) is 7.00. The van der Waals surface area contributed by atoms with E-state index in [1.807, 2.05) is 6.07 Å². The average Bonchev–Trinajstić information content (AvgIpc) is 3.32. The van der Waals surface area contributed by atoms with Gasteiger partial charge in [-0.15, -0.1) is 5.10 Å². The summed E-state index contributed by atoms with van der Waals surface area (Å²) in [6.07, 6.45) is 7.86. The van der Waals surface area contributed by atoms with Crippen LogP contribution in [0.3, 0.4) is 0 Å². The van der Waals surface area contributed by atoms with Crippen molar-refractivity contribution in [2.75, 3.05) is 19.6 Å². The molecule has 4 rings (SSSR count). The fraction of sp³-hybridized carbons (Fsp3) is 0.667. The van der Waals surface area contributed by atoms with Gasteiger partial charge in [0.1, 0.15) is 0 Å². The second-order valence-corrected chi connectivity index (χ2v) is 10.5. The molecule has 1 aromatic heterocycles. The number of tetrazole rings is 1. The molecule has 31 heavy (non-hydrogen) atoms. The Labute approximate surface area is 183 Å². The summed E-state index contributed by atoms with van der Waals surface area (Å²) in [5.41, 5.74) is 8.12. The number of hydrogen-bond donors (Lipinski definition) is 4. The smallest absolute Gasteiger partial charge is 0.239 e. The van der Waals surface area contributed by atoms with Gasteiger partial charge in [-0.1, -0.05) is 12.1 Å². The Morgan fingerprint density at radius 1 is 1.03 bits per heavy atom. The summed E-state index contributed by atoms with van der Waals surface area (Å²) < 4.78 is 25.6. The number of H-pyrrole nitrogens is 1. The summed E-state index contributed by atoms with van der Waals surface area (Å²) in [5, 5.41) is 23.4. The molecule has 10 heteroatoms. The Bertz CT molecular complexity index is 964. The van der Waals surface area contributed by atoms with E-state index in [-0.39, 0.29) is 10.8 Å². The number of aromatic nitrogens is 4. The van der Waals surface area contributed by atoms with Crippen molar-refractivity contribution in [2.24, 2.45) is 22.7 Å². The minimum atomic E-state index is -3.97. The number of nitrogens with one attached hydrogen (secondary N) is 2. The summed E-state index contributed by atoms with van der Waals surface area (Å²) in [4.78, 5) is 0.179. The Morgan fingerprint density at radius 2 is 1.77 bits per heavy atom. The number of nitrogens with zero attached hydrogens (tertiary/aromatic N) is 3. The minimum absolute atomic E-state index is 0.179. The van der Waals surface area contributed by atoms with Gasteiger partial charge in [0.05, 0.1) is 4.90 Å². The Balaban J connectivity index is 1.73. The van der Waals surface area contributed by atoms with Crippen molar-refractivity contribution in [3.05, 3.63) is 23.3 Å². The number of aryl methyl sites for hydroxylation is 1. The highest BCUT2D eigenvalue weighted by molar-refractivity contribution is 7.89. The third-order valence-electron chi connectivity index (χ3n) is 7.04. The predicted octanol–water partition coefficient (Wildman–Crippen LogP) is 1.68. The van der Waals surface area contributed by atoms with Crippen molar-refractivity contribution in [2.45, 2.75) is 62.2 Å². The number of nitrogens with two attached hydrogens (primary N) is 2. The number of rotatable bonds is 7. The minimum Gasteiger partial charge on any atom is -0.330 e. The molecular formula is C21H33N7O2S. The van der Waals surface area contributed by atoms with Gasteiger partial charge < -0.3 is 11.1 Å². The van der Waals surface area contributed by atoms with E-state index in [9.17, 15) is 8.42 Å². The summed E-state index contributed by atoms with van der Waals surface area (Å²) in [7, 11) is -3.97. The zero-order chi connectivity index (χ0) is 21.8. The van der Waals surface area contributed by atoms with Crippen molar-refractivity contribution < 1.29 is 8.42 Å². The Morgan fingerprint density at radius 3 is 2.39 bits per heavy atom. The zero-order valence-corrected chi connectivity index (χ0v) is 18.7. The quantitative estimate of drug-likeness (QED) is 0.503. The van der Waals surface area contributed by atoms with E-state index < -0.39 is 10.0 Å². The van der Waals surface area contributed by atoms with Gasteiger partial charge in [-0.2, -0.15) is 0 Å². The van der Waals surface area contributed by atoms with Crippen molar-refractivity contribution in [1.29, 1.82) is 0 Å². The number of aromatic amines is 1. The van der Waals surface area contributed by atoms with E-state index in [1.165, 1.54) is 0 Å². The highest BCUT2D eigenvalue weighted by atomic mass is 32.2. The van der Waals surface area contributed by atoms with Gasteiger partial charge in [0.15, 0.2) is 5.82 Å². The van der Waals surface area contributed by atoms with Crippen LogP contribution >= 0.6 is 0 Å². The standard InChI is InChI=1S/C21H33N7O2S/c22-13-15-2-4-16(5-3-15)18-8-7-17(6-1-14-9-11-24-12-10-14)20(31(23,29)30)19(18)21-25-27-28-26-21/h7-8,14-16,24H,1-6,9-13,22H2,(H2,23,29,30)(H,25,26,27,28). The molecule has 0 bridgehead atoms. The van der Waals surface area contributed by atoms with Crippen molar-refractivity contribution in [3.8, 4) is 11.4 Å². The molecule has 1 saturated heterocycles. The van der Waals surface area contributed by atoms with Gasteiger partial charge in [-0.3, -0.25) is 0 Å². The molecule has 1 saturated carbocycles. The van der Waals surface area contributed by atoms with Crippen LogP contribution in [0, 0.1) is 11.8 Å². The van der Waals surface area contributed by atoms with Crippen LogP contribution in [0.4, 0.5) is 0 Å². The van der Waals surface area contributed by atoms with Crippen LogP contribution in [0.25, 0.3) is 11.4 Å². The molecule has 0 amide bonds. The fourth-order valence-corrected chi connectivity index (χ4v) is 6.29. The first-order valence-electron chi connectivity index (χ1n) is 11.3. The van der Waals surface area contributed by atoms with Gasteiger partial charge in [-0.25, -0.2) is 18.7 Å². The van der Waals surface area contributed by atoms with Crippen molar-refractivity contribution >= 4 is 10.0 Å². The van der Waals surface area contributed by atoms with Crippen LogP contribution in [0.15, 0.2) is 17.0 Å². The Hall–Kier alpha value is -1.88. The van der Waals surface area contributed by atoms with Gasteiger partial charge in [0.2, 0.25) is 10.0 Å². The number of piperidine rings is 1. The maximum absolute atomic E-state index is 12.8. The molecule has 0 radical (unpaired) electrons. The normalized spacial score (nSPS) is 23.2. The fourth-order valence-electron chi connectivity index (χ4n) is 5.25. The number of primary sulfonamides is 1. The lowest BCUT2D eigenvalue weighted by molar-refractivity contribution is 0.332. The SMILES string of the molecule is NCC1CCC(c2ccc(CCC3CCNCC3)c(S(N)(=O)=O)c2-c2nnn[nH]2)CC1.